The van der Waals surface area contributed by atoms with E-state index in [0.717, 1.165) is 0 Å². The van der Waals surface area contributed by atoms with E-state index in [1.807, 2.05) is 19.3 Å². The first-order valence-electron chi connectivity index (χ1n) is 3.71. The summed E-state index contributed by atoms with van der Waals surface area (Å²) < 4.78 is 1.70. The number of nitrogens with one attached hydrogen (secondary N) is 1. The Morgan fingerprint density at radius 3 is 2.69 bits per heavy atom. The highest BCUT2D eigenvalue weighted by Crippen LogP contribution is 2.03. The molecular weight excluding hydrogens is 192 g/mol. The summed E-state index contributed by atoms with van der Waals surface area (Å²) in [5, 5.41) is 4.01. The molecule has 0 saturated carbocycles. The number of hydrogen-bond donors (Lipinski definition) is 2. The number of nitrogen functional groups attached to an aromatic ring is 1. The van der Waals surface area contributed by atoms with E-state index in [0.29, 0.717) is 5.69 Å². The van der Waals surface area contributed by atoms with Crippen molar-refractivity contribution in [3.63, 3.8) is 0 Å². The van der Waals surface area contributed by atoms with Gasteiger partial charge in [0, 0.05) is 12.2 Å². The lowest BCUT2D eigenvalue weighted by Crippen LogP contribution is -2.30. The third-order valence-electron chi connectivity index (χ3n) is 1.50. The highest BCUT2D eigenvalue weighted by molar-refractivity contribution is 5.91. The van der Waals surface area contributed by atoms with Crippen LogP contribution in [0, 0.1) is 0 Å². The largest absolute Gasteiger partial charge is 0.289 e. The molecule has 0 aliphatic rings. The number of halogens is 1. The topological polar surface area (TPSA) is 72.9 Å². The Morgan fingerprint density at radius 2 is 2.31 bits per heavy atom. The molecule has 0 fully saturated rings. The SMILES string of the molecule is CC(C)n1ccc(C(=O)NN)n1.Cl. The monoisotopic (exact) mass is 204 g/mol. The maximum atomic E-state index is 10.9. The van der Waals surface area contributed by atoms with Crippen molar-refractivity contribution in [2.75, 3.05) is 0 Å². The van der Waals surface area contributed by atoms with Crippen LogP contribution in [0.5, 0.6) is 0 Å². The second-order valence-electron chi connectivity index (χ2n) is 2.75. The van der Waals surface area contributed by atoms with Gasteiger partial charge >= 0.3 is 0 Å². The van der Waals surface area contributed by atoms with Crippen LogP contribution in [0.2, 0.25) is 0 Å². The van der Waals surface area contributed by atoms with Crippen LogP contribution in [-0.2, 0) is 0 Å². The molecule has 5 nitrogen and oxygen atoms in total. The Kier molecular flexibility index (Phi) is 4.44. The van der Waals surface area contributed by atoms with Crippen molar-refractivity contribution in [2.45, 2.75) is 19.9 Å². The van der Waals surface area contributed by atoms with Crippen LogP contribution in [0.4, 0.5) is 0 Å². The summed E-state index contributed by atoms with van der Waals surface area (Å²) in [4.78, 5) is 10.9. The van der Waals surface area contributed by atoms with Gasteiger partial charge in [0.05, 0.1) is 0 Å². The van der Waals surface area contributed by atoms with Gasteiger partial charge in [0.1, 0.15) is 0 Å². The predicted octanol–water partition coefficient (Wildman–Crippen LogP) is 0.489. The number of carbonyl (C=O) groups excluding carboxylic acids is 1. The maximum absolute atomic E-state index is 10.9. The van der Waals surface area contributed by atoms with Gasteiger partial charge in [0.15, 0.2) is 5.69 Å². The minimum atomic E-state index is -0.366. The Hall–Kier alpha value is -1.07. The van der Waals surface area contributed by atoms with Gasteiger partial charge < -0.3 is 0 Å². The van der Waals surface area contributed by atoms with Gasteiger partial charge in [-0.15, -0.1) is 12.4 Å². The van der Waals surface area contributed by atoms with Gasteiger partial charge in [-0.3, -0.25) is 14.9 Å². The average molecular weight is 205 g/mol. The van der Waals surface area contributed by atoms with Crippen molar-refractivity contribution in [1.29, 1.82) is 0 Å². The number of hydrazine groups is 1. The zero-order chi connectivity index (χ0) is 9.14. The summed E-state index contributed by atoms with van der Waals surface area (Å²) in [6.45, 7) is 3.97. The summed E-state index contributed by atoms with van der Waals surface area (Å²) in [5.41, 5.74) is 2.36. The number of nitrogens with zero attached hydrogens (tertiary/aromatic N) is 2. The minimum Gasteiger partial charge on any atom is -0.289 e. The van der Waals surface area contributed by atoms with Gasteiger partial charge in [-0.2, -0.15) is 5.10 Å². The average Bonchev–Trinajstić information content (AvgIpc) is 2.51. The standard InChI is InChI=1S/C7H12N4O.ClH/c1-5(2)11-4-3-6(10-11)7(12)9-8;/h3-5H,8H2,1-2H3,(H,9,12);1H. The van der Waals surface area contributed by atoms with Gasteiger partial charge in [-0.1, -0.05) is 0 Å². The van der Waals surface area contributed by atoms with Crippen molar-refractivity contribution >= 4 is 18.3 Å². The third kappa shape index (κ3) is 2.71. The van der Waals surface area contributed by atoms with E-state index in [4.69, 9.17) is 5.84 Å². The predicted molar refractivity (Wildman–Crippen MR) is 51.5 cm³/mol. The van der Waals surface area contributed by atoms with Gasteiger partial charge in [0.25, 0.3) is 5.91 Å². The number of amides is 1. The van der Waals surface area contributed by atoms with E-state index in [-0.39, 0.29) is 24.4 Å². The molecule has 0 aliphatic carbocycles. The maximum Gasteiger partial charge on any atom is 0.285 e. The number of nitrogens with two attached hydrogens (primary N) is 1. The molecule has 1 aromatic rings. The van der Waals surface area contributed by atoms with Gasteiger partial charge in [-0.05, 0) is 19.9 Å². The lowest BCUT2D eigenvalue weighted by molar-refractivity contribution is 0.0947. The van der Waals surface area contributed by atoms with Crippen LogP contribution < -0.4 is 11.3 Å². The molecule has 0 atom stereocenters. The molecule has 1 amide bonds. The second kappa shape index (κ2) is 4.84. The summed E-state index contributed by atoms with van der Waals surface area (Å²) in [5.74, 6) is 4.57. The van der Waals surface area contributed by atoms with Crippen LogP contribution in [0.3, 0.4) is 0 Å². The molecule has 74 valence electrons. The van der Waals surface area contributed by atoms with Crippen LogP contribution in [-0.4, -0.2) is 15.7 Å². The van der Waals surface area contributed by atoms with Crippen molar-refractivity contribution in [2.24, 2.45) is 5.84 Å². The Morgan fingerprint density at radius 1 is 1.69 bits per heavy atom. The van der Waals surface area contributed by atoms with Crippen LogP contribution in [0.25, 0.3) is 0 Å². The highest BCUT2D eigenvalue weighted by Gasteiger charge is 2.07. The molecule has 1 rings (SSSR count). The van der Waals surface area contributed by atoms with Gasteiger partial charge in [0.2, 0.25) is 0 Å². The molecule has 1 aromatic heterocycles. The fraction of sp³-hybridized carbons (Fsp3) is 0.429. The lowest BCUT2D eigenvalue weighted by atomic mass is 10.4. The molecule has 0 bridgehead atoms. The van der Waals surface area contributed by atoms with Crippen LogP contribution >= 0.6 is 12.4 Å². The molecule has 0 aromatic carbocycles. The van der Waals surface area contributed by atoms with E-state index in [2.05, 4.69) is 5.10 Å². The zero-order valence-electron chi connectivity index (χ0n) is 7.52. The van der Waals surface area contributed by atoms with E-state index in [1.54, 1.807) is 16.9 Å². The molecule has 0 radical (unpaired) electrons. The summed E-state index contributed by atoms with van der Waals surface area (Å²) >= 11 is 0. The molecule has 0 saturated heterocycles. The molecule has 13 heavy (non-hydrogen) atoms. The quantitative estimate of drug-likeness (QED) is 0.418. The molecule has 0 unspecified atom stereocenters. The molecule has 1 heterocycles. The third-order valence-corrected chi connectivity index (χ3v) is 1.50. The lowest BCUT2D eigenvalue weighted by Gasteiger charge is -2.03. The molecule has 0 aliphatic heterocycles. The number of aromatic nitrogens is 2. The number of carbonyl (C=O) groups is 1. The van der Waals surface area contributed by atoms with Crippen molar-refractivity contribution in [3.8, 4) is 0 Å². The first-order chi connectivity index (χ1) is 5.65. The van der Waals surface area contributed by atoms with Crippen LogP contribution in [0.15, 0.2) is 12.3 Å². The molecule has 0 spiro atoms. The van der Waals surface area contributed by atoms with E-state index in [9.17, 15) is 4.79 Å². The molecular formula is C7H13ClN4O. The van der Waals surface area contributed by atoms with Crippen molar-refractivity contribution < 1.29 is 4.79 Å². The Labute approximate surface area is 82.7 Å². The van der Waals surface area contributed by atoms with Gasteiger partial charge in [-0.25, -0.2) is 5.84 Å². The zero-order valence-corrected chi connectivity index (χ0v) is 8.34. The first-order valence-corrected chi connectivity index (χ1v) is 3.71. The summed E-state index contributed by atoms with van der Waals surface area (Å²) in [6.07, 6.45) is 1.75. The van der Waals surface area contributed by atoms with Crippen molar-refractivity contribution in [3.05, 3.63) is 18.0 Å². The molecule has 6 heteroatoms. The number of hydrogen-bond acceptors (Lipinski definition) is 3. The second-order valence-corrected chi connectivity index (χ2v) is 2.75. The first kappa shape index (κ1) is 11.9. The fourth-order valence-corrected chi connectivity index (χ4v) is 0.821. The van der Waals surface area contributed by atoms with E-state index < -0.39 is 0 Å². The van der Waals surface area contributed by atoms with Crippen molar-refractivity contribution in [1.82, 2.24) is 15.2 Å². The Bertz CT molecular complexity index is 284. The smallest absolute Gasteiger partial charge is 0.285 e. The number of rotatable bonds is 2. The van der Waals surface area contributed by atoms with E-state index >= 15 is 0 Å². The summed E-state index contributed by atoms with van der Waals surface area (Å²) in [7, 11) is 0. The normalized spacial score (nSPS) is 9.54. The van der Waals surface area contributed by atoms with Crippen LogP contribution in [0.1, 0.15) is 30.4 Å². The summed E-state index contributed by atoms with van der Waals surface area (Å²) in [6, 6.07) is 1.88. The fourth-order valence-electron chi connectivity index (χ4n) is 0.821. The Balaban J connectivity index is 0.00000144. The highest BCUT2D eigenvalue weighted by atomic mass is 35.5. The minimum absolute atomic E-state index is 0. The van der Waals surface area contributed by atoms with E-state index in [1.165, 1.54) is 0 Å². The molecule has 3 N–H and O–H groups in total.